The summed E-state index contributed by atoms with van der Waals surface area (Å²) in [4.78, 5) is 16.3. The summed E-state index contributed by atoms with van der Waals surface area (Å²) in [5, 5.41) is 2.74. The number of ether oxygens (including phenoxy) is 2. The van der Waals surface area contributed by atoms with E-state index in [4.69, 9.17) is 9.47 Å². The smallest absolute Gasteiger partial charge is 0.256 e. The zero-order valence-electron chi connectivity index (χ0n) is 13.7. The first-order valence-corrected chi connectivity index (χ1v) is 7.63. The van der Waals surface area contributed by atoms with Gasteiger partial charge in [0.15, 0.2) is 11.5 Å². The van der Waals surface area contributed by atoms with Crippen molar-refractivity contribution in [3.63, 3.8) is 0 Å². The fraction of sp³-hybridized carbons (Fsp3) is 0.333. The molecule has 1 amide bonds. The van der Waals surface area contributed by atoms with Gasteiger partial charge in [-0.25, -0.2) is 4.98 Å². The van der Waals surface area contributed by atoms with Crippen LogP contribution in [0.2, 0.25) is 0 Å². The third-order valence-electron chi connectivity index (χ3n) is 3.29. The zero-order chi connectivity index (χ0) is 16.7. The Hall–Kier alpha value is -2.56. The molecule has 0 aliphatic carbocycles. The van der Waals surface area contributed by atoms with E-state index in [0.717, 1.165) is 6.42 Å². The molecular weight excluding hydrogens is 292 g/mol. The molecule has 2 aromatic rings. The van der Waals surface area contributed by atoms with Crippen LogP contribution in [0, 0.1) is 5.92 Å². The van der Waals surface area contributed by atoms with Gasteiger partial charge < -0.3 is 14.8 Å². The number of aromatic nitrogens is 1. The Morgan fingerprint density at radius 3 is 2.70 bits per heavy atom. The van der Waals surface area contributed by atoms with Crippen molar-refractivity contribution in [1.82, 2.24) is 4.98 Å². The van der Waals surface area contributed by atoms with Crippen molar-refractivity contribution in [2.24, 2.45) is 5.92 Å². The Bertz CT molecular complexity index is 642. The molecule has 5 heteroatoms. The van der Waals surface area contributed by atoms with Gasteiger partial charge in [-0.05, 0) is 42.7 Å². The summed E-state index contributed by atoms with van der Waals surface area (Å²) in [7, 11) is 1.56. The van der Waals surface area contributed by atoms with E-state index in [0.29, 0.717) is 35.4 Å². The first kappa shape index (κ1) is 16.8. The number of anilines is 1. The van der Waals surface area contributed by atoms with Crippen molar-refractivity contribution < 1.29 is 14.3 Å². The van der Waals surface area contributed by atoms with Crippen LogP contribution in [0.15, 0.2) is 42.6 Å². The second-order valence-corrected chi connectivity index (χ2v) is 5.57. The molecule has 0 bridgehead atoms. The molecule has 0 spiro atoms. The van der Waals surface area contributed by atoms with Crippen molar-refractivity contribution in [1.29, 1.82) is 0 Å². The van der Waals surface area contributed by atoms with E-state index in [1.54, 1.807) is 43.6 Å². The maximum absolute atomic E-state index is 12.2. The summed E-state index contributed by atoms with van der Waals surface area (Å²) in [5.41, 5.74) is 0.490. The highest BCUT2D eigenvalue weighted by molar-refractivity contribution is 6.04. The fourth-order valence-corrected chi connectivity index (χ4v) is 1.96. The van der Waals surface area contributed by atoms with Crippen LogP contribution in [-0.2, 0) is 0 Å². The number of carbonyl (C=O) groups excluding carboxylic acids is 1. The molecule has 0 radical (unpaired) electrons. The van der Waals surface area contributed by atoms with Crippen LogP contribution >= 0.6 is 0 Å². The maximum atomic E-state index is 12.2. The molecule has 1 aromatic heterocycles. The van der Waals surface area contributed by atoms with Gasteiger partial charge in [0.1, 0.15) is 5.82 Å². The summed E-state index contributed by atoms with van der Waals surface area (Å²) in [5.74, 6) is 2.03. The largest absolute Gasteiger partial charge is 0.493 e. The highest BCUT2D eigenvalue weighted by atomic mass is 16.5. The summed E-state index contributed by atoms with van der Waals surface area (Å²) in [6, 6.07) is 10.5. The summed E-state index contributed by atoms with van der Waals surface area (Å²) in [6.07, 6.45) is 2.59. The fourth-order valence-electron chi connectivity index (χ4n) is 1.96. The number of methoxy groups -OCH3 is 1. The molecule has 0 aliphatic heterocycles. The average Bonchev–Trinajstić information content (AvgIpc) is 2.55. The van der Waals surface area contributed by atoms with Crippen LogP contribution in [0.25, 0.3) is 0 Å². The third kappa shape index (κ3) is 4.98. The molecule has 0 saturated heterocycles. The summed E-state index contributed by atoms with van der Waals surface area (Å²) >= 11 is 0. The van der Waals surface area contributed by atoms with Crippen LogP contribution in [-0.4, -0.2) is 24.6 Å². The van der Waals surface area contributed by atoms with Gasteiger partial charge in [-0.15, -0.1) is 0 Å². The van der Waals surface area contributed by atoms with E-state index in [1.165, 1.54) is 0 Å². The maximum Gasteiger partial charge on any atom is 0.256 e. The number of rotatable bonds is 7. The monoisotopic (exact) mass is 314 g/mol. The lowest BCUT2D eigenvalue weighted by atomic mass is 10.1. The van der Waals surface area contributed by atoms with Gasteiger partial charge in [-0.1, -0.05) is 19.9 Å². The Morgan fingerprint density at radius 1 is 1.22 bits per heavy atom. The molecular formula is C18H22N2O3. The molecule has 5 nitrogen and oxygen atoms in total. The minimum atomic E-state index is -0.240. The van der Waals surface area contributed by atoms with Gasteiger partial charge >= 0.3 is 0 Å². The molecule has 0 saturated carbocycles. The standard InChI is InChI=1S/C18H22N2O3/c1-13(2)9-11-23-15-8-7-14(12-16(15)22-3)18(21)20-17-6-4-5-10-19-17/h4-8,10,12-13H,9,11H2,1-3H3,(H,19,20,21). The van der Waals surface area contributed by atoms with Gasteiger partial charge in [-0.3, -0.25) is 4.79 Å². The number of benzene rings is 1. The Labute approximate surface area is 136 Å². The van der Waals surface area contributed by atoms with Crippen LogP contribution in [0.1, 0.15) is 30.6 Å². The normalized spacial score (nSPS) is 10.4. The lowest BCUT2D eigenvalue weighted by Crippen LogP contribution is -2.13. The number of amides is 1. The number of carbonyl (C=O) groups is 1. The van der Waals surface area contributed by atoms with Crippen molar-refractivity contribution in [2.45, 2.75) is 20.3 Å². The number of nitrogens with one attached hydrogen (secondary N) is 1. The lowest BCUT2D eigenvalue weighted by Gasteiger charge is -2.13. The number of hydrogen-bond donors (Lipinski definition) is 1. The lowest BCUT2D eigenvalue weighted by molar-refractivity contribution is 0.102. The molecule has 0 unspecified atom stereocenters. The zero-order valence-corrected chi connectivity index (χ0v) is 13.7. The number of hydrogen-bond acceptors (Lipinski definition) is 4. The molecule has 0 atom stereocenters. The van der Waals surface area contributed by atoms with Crippen molar-refractivity contribution in [3.8, 4) is 11.5 Å². The van der Waals surface area contributed by atoms with Gasteiger partial charge in [0.2, 0.25) is 0 Å². The quantitative estimate of drug-likeness (QED) is 0.845. The van der Waals surface area contributed by atoms with Crippen LogP contribution < -0.4 is 14.8 Å². The molecule has 1 aromatic carbocycles. The van der Waals surface area contributed by atoms with Gasteiger partial charge in [-0.2, -0.15) is 0 Å². The van der Waals surface area contributed by atoms with Gasteiger partial charge in [0.05, 0.1) is 13.7 Å². The van der Waals surface area contributed by atoms with Crippen LogP contribution in [0.5, 0.6) is 11.5 Å². The van der Waals surface area contributed by atoms with E-state index < -0.39 is 0 Å². The predicted octanol–water partition coefficient (Wildman–Crippen LogP) is 3.77. The Kier molecular flexibility index (Phi) is 5.97. The van der Waals surface area contributed by atoms with E-state index >= 15 is 0 Å². The molecule has 0 fully saturated rings. The molecule has 2 rings (SSSR count). The summed E-state index contributed by atoms with van der Waals surface area (Å²) < 4.78 is 11.0. The van der Waals surface area contributed by atoms with Gasteiger partial charge in [0.25, 0.3) is 5.91 Å². The van der Waals surface area contributed by atoms with E-state index in [-0.39, 0.29) is 5.91 Å². The minimum absolute atomic E-state index is 0.240. The van der Waals surface area contributed by atoms with Crippen molar-refractivity contribution in [3.05, 3.63) is 48.2 Å². The SMILES string of the molecule is COc1cc(C(=O)Nc2ccccn2)ccc1OCCC(C)C. The number of pyridine rings is 1. The summed E-state index contributed by atoms with van der Waals surface area (Å²) in [6.45, 7) is 4.91. The molecule has 122 valence electrons. The average molecular weight is 314 g/mol. The second kappa shape index (κ2) is 8.17. The number of nitrogens with zero attached hydrogens (tertiary/aromatic N) is 1. The molecule has 1 N–H and O–H groups in total. The van der Waals surface area contributed by atoms with Gasteiger partial charge in [0, 0.05) is 11.8 Å². The third-order valence-corrected chi connectivity index (χ3v) is 3.29. The Morgan fingerprint density at radius 2 is 2.04 bits per heavy atom. The highest BCUT2D eigenvalue weighted by Crippen LogP contribution is 2.28. The minimum Gasteiger partial charge on any atom is -0.493 e. The first-order chi connectivity index (χ1) is 11.1. The van der Waals surface area contributed by atoms with Crippen molar-refractivity contribution in [2.75, 3.05) is 19.0 Å². The molecule has 23 heavy (non-hydrogen) atoms. The first-order valence-electron chi connectivity index (χ1n) is 7.63. The molecule has 0 aliphatic rings. The van der Waals surface area contributed by atoms with E-state index in [9.17, 15) is 4.79 Å². The predicted molar refractivity (Wildman–Crippen MR) is 90.1 cm³/mol. The van der Waals surface area contributed by atoms with E-state index in [1.807, 2.05) is 6.07 Å². The van der Waals surface area contributed by atoms with E-state index in [2.05, 4.69) is 24.1 Å². The highest BCUT2D eigenvalue weighted by Gasteiger charge is 2.12. The Balaban J connectivity index is 2.07. The topological polar surface area (TPSA) is 60.5 Å². The van der Waals surface area contributed by atoms with Crippen molar-refractivity contribution >= 4 is 11.7 Å². The second-order valence-electron chi connectivity index (χ2n) is 5.57. The molecule has 1 heterocycles. The van der Waals surface area contributed by atoms with Crippen LogP contribution in [0.3, 0.4) is 0 Å². The van der Waals surface area contributed by atoms with Crippen LogP contribution in [0.4, 0.5) is 5.82 Å².